The van der Waals surface area contributed by atoms with E-state index in [-0.39, 0.29) is 6.54 Å². The fraction of sp³-hybridized carbons (Fsp3) is 0.875. The van der Waals surface area contributed by atoms with Crippen LogP contribution in [0, 0.1) is 0 Å². The number of carbonyl (C=O) groups excluding carboxylic acids is 1. The maximum atomic E-state index is 10.9. The second-order valence-corrected chi connectivity index (χ2v) is 3.29. The summed E-state index contributed by atoms with van der Waals surface area (Å²) in [6, 6.07) is -1.16. The molecule has 0 spiro atoms. The molecule has 0 bridgehead atoms. The fourth-order valence-corrected chi connectivity index (χ4v) is 1.08. The van der Waals surface area contributed by atoms with Gasteiger partial charge in [0.1, 0.15) is 18.3 Å². The number of nitrogens with one attached hydrogen (secondary N) is 1. The van der Waals surface area contributed by atoms with Gasteiger partial charge in [-0.1, -0.05) is 0 Å². The van der Waals surface area contributed by atoms with Crippen LogP contribution in [-0.4, -0.2) is 75.6 Å². The number of hydrogen-bond acceptors (Lipinski definition) is 7. The van der Waals surface area contributed by atoms with E-state index < -0.39 is 43.5 Å². The molecule has 0 heterocycles. The van der Waals surface area contributed by atoms with E-state index in [1.165, 1.54) is 0 Å². The van der Waals surface area contributed by atoms with Crippen molar-refractivity contribution >= 4 is 5.91 Å². The molecule has 0 aromatic rings. The Bertz CT molecular complexity index is 215. The van der Waals surface area contributed by atoms with Crippen LogP contribution >= 0.6 is 0 Å². The van der Waals surface area contributed by atoms with E-state index in [4.69, 9.17) is 21.1 Å². The molecular formula is C8H18N2O6. The Labute approximate surface area is 92.3 Å². The van der Waals surface area contributed by atoms with Gasteiger partial charge in [0, 0.05) is 0 Å². The van der Waals surface area contributed by atoms with E-state index in [2.05, 4.69) is 5.32 Å². The molecule has 0 fully saturated rings. The zero-order valence-corrected chi connectivity index (χ0v) is 8.65. The number of aliphatic hydroxyl groups excluding tert-OH is 5. The molecule has 1 amide bonds. The normalized spacial score (nSPS) is 18.6. The van der Waals surface area contributed by atoms with Crippen LogP contribution in [0.4, 0.5) is 0 Å². The zero-order chi connectivity index (χ0) is 12.7. The summed E-state index contributed by atoms with van der Waals surface area (Å²) in [5.41, 5.74) is 5.01. The molecular weight excluding hydrogens is 220 g/mol. The first-order valence-electron chi connectivity index (χ1n) is 4.73. The molecule has 96 valence electrons. The highest BCUT2D eigenvalue weighted by Crippen LogP contribution is 2.04. The third-order valence-corrected chi connectivity index (χ3v) is 2.07. The summed E-state index contributed by atoms with van der Waals surface area (Å²) in [7, 11) is 0. The highest BCUT2D eigenvalue weighted by Gasteiger charge is 2.31. The Morgan fingerprint density at radius 3 is 2.06 bits per heavy atom. The number of nitrogens with two attached hydrogens (primary N) is 1. The van der Waals surface area contributed by atoms with Gasteiger partial charge in [-0.3, -0.25) is 4.79 Å². The fourth-order valence-electron chi connectivity index (χ4n) is 1.08. The smallest absolute Gasteiger partial charge is 0.234 e. The van der Waals surface area contributed by atoms with Crippen molar-refractivity contribution in [2.45, 2.75) is 24.4 Å². The molecule has 8 heteroatoms. The maximum Gasteiger partial charge on any atom is 0.234 e. The third kappa shape index (κ3) is 4.39. The van der Waals surface area contributed by atoms with Crippen molar-refractivity contribution in [2.24, 2.45) is 5.73 Å². The van der Waals surface area contributed by atoms with Crippen LogP contribution in [0.3, 0.4) is 0 Å². The standard InChI is InChI=1S/C8H18N2O6/c9-1-6(14)10-4(2-11)7(15)8(16)5(13)3-12/h4-5,7-8,11-13,15-16H,1-3,9H2,(H,10,14)/t4-,5-,7-,8-/m1/s1. The Morgan fingerprint density at radius 2 is 1.69 bits per heavy atom. The van der Waals surface area contributed by atoms with Crippen molar-refractivity contribution in [1.82, 2.24) is 5.32 Å². The summed E-state index contributed by atoms with van der Waals surface area (Å²) in [5.74, 6) is -0.621. The van der Waals surface area contributed by atoms with E-state index in [0.29, 0.717) is 0 Å². The predicted octanol–water partition coefficient (Wildman–Crippen LogP) is -4.50. The minimum atomic E-state index is -1.68. The lowest BCUT2D eigenvalue weighted by Crippen LogP contribution is -2.55. The quantitative estimate of drug-likeness (QED) is 0.235. The van der Waals surface area contributed by atoms with E-state index in [0.717, 1.165) is 0 Å². The average molecular weight is 238 g/mol. The van der Waals surface area contributed by atoms with Crippen LogP contribution in [0.15, 0.2) is 0 Å². The van der Waals surface area contributed by atoms with Crippen molar-refractivity contribution in [2.75, 3.05) is 19.8 Å². The van der Waals surface area contributed by atoms with Crippen molar-refractivity contribution in [3.63, 3.8) is 0 Å². The van der Waals surface area contributed by atoms with Gasteiger partial charge < -0.3 is 36.6 Å². The topological polar surface area (TPSA) is 156 Å². The third-order valence-electron chi connectivity index (χ3n) is 2.07. The molecule has 16 heavy (non-hydrogen) atoms. The van der Waals surface area contributed by atoms with Crippen LogP contribution in [0.2, 0.25) is 0 Å². The van der Waals surface area contributed by atoms with Crippen LogP contribution in [0.5, 0.6) is 0 Å². The van der Waals surface area contributed by atoms with Crippen molar-refractivity contribution in [3.8, 4) is 0 Å². The molecule has 0 aliphatic rings. The maximum absolute atomic E-state index is 10.9. The van der Waals surface area contributed by atoms with Gasteiger partial charge in [-0.05, 0) is 0 Å². The molecule has 0 saturated carbocycles. The Balaban J connectivity index is 4.39. The first-order valence-corrected chi connectivity index (χ1v) is 4.73. The largest absolute Gasteiger partial charge is 0.394 e. The first kappa shape index (κ1) is 15.2. The van der Waals surface area contributed by atoms with Gasteiger partial charge in [0.15, 0.2) is 0 Å². The number of rotatable bonds is 7. The van der Waals surface area contributed by atoms with E-state index in [1.54, 1.807) is 0 Å². The van der Waals surface area contributed by atoms with Gasteiger partial charge in [0.2, 0.25) is 5.91 Å². The van der Waals surface area contributed by atoms with Gasteiger partial charge in [-0.15, -0.1) is 0 Å². The first-order chi connectivity index (χ1) is 7.47. The summed E-state index contributed by atoms with van der Waals surface area (Å²) in [4.78, 5) is 10.9. The van der Waals surface area contributed by atoms with Gasteiger partial charge >= 0.3 is 0 Å². The van der Waals surface area contributed by atoms with Crippen LogP contribution in [0.25, 0.3) is 0 Å². The van der Waals surface area contributed by atoms with Gasteiger partial charge in [0.05, 0.1) is 25.8 Å². The van der Waals surface area contributed by atoms with Crippen molar-refractivity contribution in [1.29, 1.82) is 0 Å². The highest BCUT2D eigenvalue weighted by molar-refractivity contribution is 5.78. The summed E-state index contributed by atoms with van der Waals surface area (Å²) in [5, 5.41) is 47.4. The molecule has 0 aliphatic carbocycles. The molecule has 0 radical (unpaired) electrons. The molecule has 0 aromatic heterocycles. The lowest BCUT2D eigenvalue weighted by molar-refractivity contribution is -0.125. The lowest BCUT2D eigenvalue weighted by Gasteiger charge is -2.28. The number of aliphatic hydroxyl groups is 5. The second-order valence-electron chi connectivity index (χ2n) is 3.29. The van der Waals surface area contributed by atoms with Gasteiger partial charge in [-0.25, -0.2) is 0 Å². The van der Waals surface area contributed by atoms with E-state index in [9.17, 15) is 15.0 Å². The average Bonchev–Trinajstić information content (AvgIpc) is 2.32. The summed E-state index contributed by atoms with van der Waals surface area (Å²) in [6.45, 7) is -1.72. The van der Waals surface area contributed by atoms with Gasteiger partial charge in [0.25, 0.3) is 0 Å². The zero-order valence-electron chi connectivity index (χ0n) is 8.65. The van der Waals surface area contributed by atoms with Crippen LogP contribution in [-0.2, 0) is 4.79 Å². The monoisotopic (exact) mass is 238 g/mol. The van der Waals surface area contributed by atoms with Crippen LogP contribution in [0.1, 0.15) is 0 Å². The Morgan fingerprint density at radius 1 is 1.12 bits per heavy atom. The van der Waals surface area contributed by atoms with Crippen molar-refractivity contribution in [3.05, 3.63) is 0 Å². The minimum absolute atomic E-state index is 0.331. The summed E-state index contributed by atoms with van der Waals surface area (Å²) >= 11 is 0. The van der Waals surface area contributed by atoms with Gasteiger partial charge in [-0.2, -0.15) is 0 Å². The summed E-state index contributed by atoms with van der Waals surface area (Å²) < 4.78 is 0. The Kier molecular flexibility index (Phi) is 7.13. The number of carbonyl (C=O) groups is 1. The predicted molar refractivity (Wildman–Crippen MR) is 53.2 cm³/mol. The van der Waals surface area contributed by atoms with Crippen molar-refractivity contribution < 1.29 is 30.3 Å². The van der Waals surface area contributed by atoms with E-state index >= 15 is 0 Å². The molecule has 0 rings (SSSR count). The molecule has 4 atom stereocenters. The van der Waals surface area contributed by atoms with Crippen LogP contribution < -0.4 is 11.1 Å². The Hall–Kier alpha value is -0.770. The number of hydrogen-bond donors (Lipinski definition) is 7. The molecule has 0 aromatic carbocycles. The molecule has 0 aliphatic heterocycles. The summed E-state index contributed by atoms with van der Waals surface area (Å²) in [6.07, 6.45) is -4.85. The minimum Gasteiger partial charge on any atom is -0.394 e. The lowest BCUT2D eigenvalue weighted by atomic mass is 10.0. The molecule has 8 N–H and O–H groups in total. The molecule has 8 nitrogen and oxygen atoms in total. The molecule has 0 unspecified atom stereocenters. The number of amides is 1. The second kappa shape index (κ2) is 7.49. The van der Waals surface area contributed by atoms with E-state index in [1.807, 2.05) is 0 Å². The SMILES string of the molecule is NCC(=O)N[C@H](CO)[C@@H](O)[C@H](O)[C@H](O)CO. The molecule has 0 saturated heterocycles. The highest BCUT2D eigenvalue weighted by atomic mass is 16.4.